The molecule has 7 nitrogen and oxygen atoms in total. The highest BCUT2D eigenvalue weighted by molar-refractivity contribution is 5.92. The molecule has 0 aliphatic carbocycles. The Bertz CT molecular complexity index is 769. The number of benzene rings is 1. The summed E-state index contributed by atoms with van der Waals surface area (Å²) in [6.07, 6.45) is 1.49. The van der Waals surface area contributed by atoms with Gasteiger partial charge in [0.1, 0.15) is 11.9 Å². The summed E-state index contributed by atoms with van der Waals surface area (Å²) in [5.41, 5.74) is 1.89. The van der Waals surface area contributed by atoms with Crippen molar-refractivity contribution in [1.29, 1.82) is 0 Å². The van der Waals surface area contributed by atoms with Crippen LogP contribution < -0.4 is 5.32 Å². The summed E-state index contributed by atoms with van der Waals surface area (Å²) in [5, 5.41) is 14.7. The van der Waals surface area contributed by atoms with E-state index < -0.39 is 12.0 Å². The Morgan fingerprint density at radius 3 is 2.75 bits per heavy atom. The number of tetrazole rings is 1. The number of carbonyl (C=O) groups excluding carboxylic acids is 1. The third kappa shape index (κ3) is 2.86. The molecule has 0 bridgehead atoms. The van der Waals surface area contributed by atoms with E-state index >= 15 is 0 Å². The van der Waals surface area contributed by atoms with Gasteiger partial charge < -0.3 is 10.1 Å². The van der Waals surface area contributed by atoms with Crippen LogP contribution in [0.2, 0.25) is 0 Å². The Morgan fingerprint density at radius 2 is 2.08 bits per heavy atom. The van der Waals surface area contributed by atoms with E-state index in [1.165, 1.54) is 16.8 Å². The number of anilines is 1. The summed E-state index contributed by atoms with van der Waals surface area (Å²) in [4.78, 5) is 12.6. The van der Waals surface area contributed by atoms with Gasteiger partial charge in [-0.15, -0.1) is 0 Å². The van der Waals surface area contributed by atoms with E-state index in [9.17, 15) is 9.18 Å². The topological polar surface area (TPSA) is 81.9 Å². The Morgan fingerprint density at radius 1 is 1.33 bits per heavy atom. The van der Waals surface area contributed by atoms with Crippen molar-refractivity contribution < 1.29 is 13.9 Å². The maximum absolute atomic E-state index is 13.3. The fourth-order valence-electron chi connectivity index (χ4n) is 2.78. The minimum Gasteiger partial charge on any atom is -0.463 e. The van der Waals surface area contributed by atoms with Crippen molar-refractivity contribution in [3.63, 3.8) is 0 Å². The lowest BCUT2D eigenvalue weighted by Gasteiger charge is -2.28. The molecule has 1 aromatic carbocycles. The average Bonchev–Trinajstić information content (AvgIpc) is 3.03. The molecule has 1 N–H and O–H groups in total. The SMILES string of the molecule is CCCC1=C(C(=O)OCC)C(c2ccc(F)cc2)n2nnnc2N1. The van der Waals surface area contributed by atoms with Gasteiger partial charge in [0.25, 0.3) is 0 Å². The van der Waals surface area contributed by atoms with Gasteiger partial charge >= 0.3 is 5.97 Å². The van der Waals surface area contributed by atoms with Gasteiger partial charge in [0.15, 0.2) is 0 Å². The van der Waals surface area contributed by atoms with Gasteiger partial charge in [-0.05, 0) is 41.5 Å². The maximum atomic E-state index is 13.3. The molecular weight excluding hydrogens is 313 g/mol. The lowest BCUT2D eigenvalue weighted by Crippen LogP contribution is -2.30. The largest absolute Gasteiger partial charge is 0.463 e. The van der Waals surface area contributed by atoms with E-state index in [1.54, 1.807) is 19.1 Å². The monoisotopic (exact) mass is 331 g/mol. The van der Waals surface area contributed by atoms with E-state index in [-0.39, 0.29) is 12.4 Å². The normalized spacial score (nSPS) is 16.5. The van der Waals surface area contributed by atoms with Crippen molar-refractivity contribution in [3.05, 3.63) is 46.9 Å². The summed E-state index contributed by atoms with van der Waals surface area (Å²) in [7, 11) is 0. The fourth-order valence-corrected chi connectivity index (χ4v) is 2.78. The van der Waals surface area contributed by atoms with Crippen molar-refractivity contribution in [2.24, 2.45) is 0 Å². The van der Waals surface area contributed by atoms with Crippen LogP contribution in [0.3, 0.4) is 0 Å². The Balaban J connectivity index is 2.15. The molecule has 1 aliphatic rings. The van der Waals surface area contributed by atoms with Crippen molar-refractivity contribution in [1.82, 2.24) is 20.2 Å². The number of halogens is 1. The van der Waals surface area contributed by atoms with Crippen LogP contribution in [0.4, 0.5) is 10.3 Å². The van der Waals surface area contributed by atoms with E-state index in [1.807, 2.05) is 6.92 Å². The molecule has 8 heteroatoms. The van der Waals surface area contributed by atoms with Gasteiger partial charge in [-0.2, -0.15) is 4.68 Å². The summed E-state index contributed by atoms with van der Waals surface area (Å²) in [5.74, 6) is -0.329. The van der Waals surface area contributed by atoms with E-state index in [2.05, 4.69) is 20.8 Å². The molecule has 1 atom stereocenters. The van der Waals surface area contributed by atoms with Crippen molar-refractivity contribution in [3.8, 4) is 0 Å². The highest BCUT2D eigenvalue weighted by Gasteiger charge is 2.35. The maximum Gasteiger partial charge on any atom is 0.338 e. The van der Waals surface area contributed by atoms with Gasteiger partial charge in [0.2, 0.25) is 5.95 Å². The van der Waals surface area contributed by atoms with Gasteiger partial charge in [-0.1, -0.05) is 30.6 Å². The first-order valence-corrected chi connectivity index (χ1v) is 7.86. The van der Waals surface area contributed by atoms with E-state index in [0.717, 1.165) is 12.1 Å². The van der Waals surface area contributed by atoms with Crippen LogP contribution in [-0.2, 0) is 9.53 Å². The standard InChI is InChI=1S/C16H18FN5O2/c1-3-5-12-13(15(23)24-4-2)14(10-6-8-11(17)9-7-10)22-16(18-12)19-20-21-22/h6-9,14H,3-5H2,1-2H3,(H,18,19,21). The number of ether oxygens (including phenoxy) is 1. The highest BCUT2D eigenvalue weighted by atomic mass is 19.1. The first-order chi connectivity index (χ1) is 11.7. The Labute approximate surface area is 138 Å². The van der Waals surface area contributed by atoms with Crippen molar-refractivity contribution >= 4 is 11.9 Å². The van der Waals surface area contributed by atoms with Crippen LogP contribution >= 0.6 is 0 Å². The van der Waals surface area contributed by atoms with Crippen LogP contribution in [-0.4, -0.2) is 32.8 Å². The number of aromatic nitrogens is 4. The second-order valence-corrected chi connectivity index (χ2v) is 5.39. The van der Waals surface area contributed by atoms with Gasteiger partial charge in [-0.25, -0.2) is 9.18 Å². The number of rotatable bonds is 5. The van der Waals surface area contributed by atoms with Crippen LogP contribution in [0, 0.1) is 5.82 Å². The first kappa shape index (κ1) is 16.1. The molecule has 1 aromatic heterocycles. The summed E-state index contributed by atoms with van der Waals surface area (Å²) >= 11 is 0. The number of fused-ring (bicyclic) bond motifs is 1. The predicted molar refractivity (Wildman–Crippen MR) is 84.5 cm³/mol. The van der Waals surface area contributed by atoms with Crippen molar-refractivity contribution in [2.45, 2.75) is 32.7 Å². The van der Waals surface area contributed by atoms with Crippen molar-refractivity contribution in [2.75, 3.05) is 11.9 Å². The number of hydrogen-bond acceptors (Lipinski definition) is 6. The summed E-state index contributed by atoms with van der Waals surface area (Å²) < 4.78 is 20.0. The molecule has 126 valence electrons. The van der Waals surface area contributed by atoms with Crippen LogP contribution in [0.15, 0.2) is 35.5 Å². The first-order valence-electron chi connectivity index (χ1n) is 7.86. The van der Waals surface area contributed by atoms with Gasteiger partial charge in [0.05, 0.1) is 12.2 Å². The number of allylic oxidation sites excluding steroid dienone is 1. The molecule has 0 radical (unpaired) electrons. The zero-order valence-corrected chi connectivity index (χ0v) is 13.5. The second kappa shape index (κ2) is 6.77. The predicted octanol–water partition coefficient (Wildman–Crippen LogP) is 2.44. The summed E-state index contributed by atoms with van der Waals surface area (Å²) in [6, 6.07) is 5.39. The summed E-state index contributed by atoms with van der Waals surface area (Å²) in [6.45, 7) is 4.03. The molecule has 3 rings (SSSR count). The Hall–Kier alpha value is -2.77. The molecular formula is C16H18FN5O2. The molecule has 0 spiro atoms. The fraction of sp³-hybridized carbons (Fsp3) is 0.375. The molecule has 2 aromatic rings. The lowest BCUT2D eigenvalue weighted by atomic mass is 9.94. The van der Waals surface area contributed by atoms with E-state index in [4.69, 9.17) is 4.74 Å². The quantitative estimate of drug-likeness (QED) is 0.848. The molecule has 0 fully saturated rings. The zero-order valence-electron chi connectivity index (χ0n) is 13.5. The molecule has 1 aliphatic heterocycles. The highest BCUT2D eigenvalue weighted by Crippen LogP contribution is 2.36. The van der Waals surface area contributed by atoms with Crippen LogP contribution in [0.5, 0.6) is 0 Å². The minimum atomic E-state index is -0.558. The van der Waals surface area contributed by atoms with Crippen LogP contribution in [0.25, 0.3) is 0 Å². The third-order valence-electron chi connectivity index (χ3n) is 3.78. The van der Waals surface area contributed by atoms with E-state index in [0.29, 0.717) is 23.5 Å². The van der Waals surface area contributed by atoms with Crippen LogP contribution in [0.1, 0.15) is 38.3 Å². The van der Waals surface area contributed by atoms with Gasteiger partial charge in [0, 0.05) is 5.70 Å². The Kier molecular flexibility index (Phi) is 4.54. The molecule has 1 unspecified atom stereocenters. The lowest BCUT2D eigenvalue weighted by molar-refractivity contribution is -0.139. The second-order valence-electron chi connectivity index (χ2n) is 5.39. The number of esters is 1. The smallest absolute Gasteiger partial charge is 0.338 e. The number of carbonyl (C=O) groups is 1. The number of hydrogen-bond donors (Lipinski definition) is 1. The molecule has 0 saturated carbocycles. The molecule has 2 heterocycles. The number of nitrogens with zero attached hydrogens (tertiary/aromatic N) is 4. The number of nitrogens with one attached hydrogen (secondary N) is 1. The zero-order chi connectivity index (χ0) is 17.1. The average molecular weight is 331 g/mol. The molecule has 0 saturated heterocycles. The third-order valence-corrected chi connectivity index (χ3v) is 3.78. The minimum absolute atomic E-state index is 0.264. The molecule has 0 amide bonds. The molecule has 24 heavy (non-hydrogen) atoms. The van der Waals surface area contributed by atoms with Gasteiger partial charge in [-0.3, -0.25) is 0 Å².